The van der Waals surface area contributed by atoms with E-state index < -0.39 is 6.10 Å². The molecule has 2 rings (SSSR count). The van der Waals surface area contributed by atoms with Crippen molar-refractivity contribution in [2.45, 2.75) is 18.9 Å². The summed E-state index contributed by atoms with van der Waals surface area (Å²) in [6, 6.07) is 4.84. The van der Waals surface area contributed by atoms with E-state index in [1.807, 2.05) is 0 Å². The van der Waals surface area contributed by atoms with E-state index in [0.29, 0.717) is 17.5 Å². The number of halogens is 2. The number of hydrogen-bond acceptors (Lipinski definition) is 2. The zero-order chi connectivity index (χ0) is 11.5. The topological polar surface area (TPSA) is 29.5 Å². The van der Waals surface area contributed by atoms with Gasteiger partial charge in [0.1, 0.15) is 5.82 Å². The summed E-state index contributed by atoms with van der Waals surface area (Å²) in [7, 11) is 0. The first-order valence-corrected chi connectivity index (χ1v) is 6.16. The molecule has 1 saturated heterocycles. The molecule has 1 fully saturated rings. The lowest BCUT2D eigenvalue weighted by atomic mass is 9.96. The van der Waals surface area contributed by atoms with Crippen LogP contribution in [0.25, 0.3) is 0 Å². The smallest absolute Gasteiger partial charge is 0.137 e. The number of ether oxygens (including phenoxy) is 1. The maximum absolute atomic E-state index is 13.0. The Kier molecular flexibility index (Phi) is 3.95. The van der Waals surface area contributed by atoms with Gasteiger partial charge < -0.3 is 9.84 Å². The van der Waals surface area contributed by atoms with Gasteiger partial charge in [0, 0.05) is 12.5 Å². The summed E-state index contributed by atoms with van der Waals surface area (Å²) in [4.78, 5) is 0. The van der Waals surface area contributed by atoms with Crippen LogP contribution in [0, 0.1) is 11.7 Å². The van der Waals surface area contributed by atoms with Crippen molar-refractivity contribution in [3.05, 3.63) is 34.1 Å². The van der Waals surface area contributed by atoms with Crippen molar-refractivity contribution in [3.8, 4) is 0 Å². The Labute approximate surface area is 103 Å². The lowest BCUT2D eigenvalue weighted by Gasteiger charge is -2.16. The highest BCUT2D eigenvalue weighted by atomic mass is 79.9. The Bertz CT molecular complexity index is 364. The molecular formula is C12H14BrFO2. The Balaban J connectivity index is 1.99. The molecule has 1 aliphatic rings. The largest absolute Gasteiger partial charge is 0.392 e. The normalized spacial score (nSPS) is 22.3. The first-order valence-electron chi connectivity index (χ1n) is 5.36. The fourth-order valence-corrected chi connectivity index (χ4v) is 2.36. The summed E-state index contributed by atoms with van der Waals surface area (Å²) in [6.45, 7) is 1.36. The minimum atomic E-state index is -0.403. The van der Waals surface area contributed by atoms with Crippen LogP contribution in [0.3, 0.4) is 0 Å². The van der Waals surface area contributed by atoms with Crippen LogP contribution in [-0.2, 0) is 11.2 Å². The van der Waals surface area contributed by atoms with Crippen molar-refractivity contribution >= 4 is 15.9 Å². The SMILES string of the molecule is OC(Cc1ccc(F)c(Br)c1)C1CCOC1. The average Bonchev–Trinajstić information content (AvgIpc) is 2.77. The molecule has 1 N–H and O–H groups in total. The molecule has 0 saturated carbocycles. The molecule has 0 aromatic heterocycles. The molecular weight excluding hydrogens is 275 g/mol. The summed E-state index contributed by atoms with van der Waals surface area (Å²) in [5, 5.41) is 9.97. The second kappa shape index (κ2) is 5.25. The molecule has 0 bridgehead atoms. The molecule has 1 heterocycles. The quantitative estimate of drug-likeness (QED) is 0.926. The summed E-state index contributed by atoms with van der Waals surface area (Å²) in [5.74, 6) is -0.0636. The van der Waals surface area contributed by atoms with E-state index in [4.69, 9.17) is 4.74 Å². The molecule has 16 heavy (non-hydrogen) atoms. The minimum Gasteiger partial charge on any atom is -0.392 e. The van der Waals surface area contributed by atoms with E-state index in [0.717, 1.165) is 18.6 Å². The lowest BCUT2D eigenvalue weighted by molar-refractivity contribution is 0.0918. The van der Waals surface area contributed by atoms with Gasteiger partial charge in [-0.1, -0.05) is 6.07 Å². The fourth-order valence-electron chi connectivity index (χ4n) is 1.93. The highest BCUT2D eigenvalue weighted by Gasteiger charge is 2.24. The van der Waals surface area contributed by atoms with Crippen LogP contribution in [0.4, 0.5) is 4.39 Å². The maximum Gasteiger partial charge on any atom is 0.137 e. The number of benzene rings is 1. The van der Waals surface area contributed by atoms with E-state index in [1.165, 1.54) is 6.07 Å². The summed E-state index contributed by atoms with van der Waals surface area (Å²) in [5.41, 5.74) is 0.938. The van der Waals surface area contributed by atoms with Gasteiger partial charge in [-0.05, 0) is 46.5 Å². The van der Waals surface area contributed by atoms with Gasteiger partial charge in [0.25, 0.3) is 0 Å². The lowest BCUT2D eigenvalue weighted by Crippen LogP contribution is -2.23. The molecule has 1 aliphatic heterocycles. The summed E-state index contributed by atoms with van der Waals surface area (Å²) >= 11 is 3.14. The zero-order valence-corrected chi connectivity index (χ0v) is 10.4. The van der Waals surface area contributed by atoms with Gasteiger partial charge in [0.05, 0.1) is 17.2 Å². The van der Waals surface area contributed by atoms with Gasteiger partial charge in [-0.3, -0.25) is 0 Å². The molecule has 0 amide bonds. The highest BCUT2D eigenvalue weighted by molar-refractivity contribution is 9.10. The van der Waals surface area contributed by atoms with Crippen LogP contribution in [0.5, 0.6) is 0 Å². The number of aliphatic hydroxyl groups is 1. The van der Waals surface area contributed by atoms with Crippen molar-refractivity contribution in [2.24, 2.45) is 5.92 Å². The molecule has 1 aromatic carbocycles. The Hall–Kier alpha value is -0.450. The zero-order valence-electron chi connectivity index (χ0n) is 8.83. The Morgan fingerprint density at radius 1 is 1.56 bits per heavy atom. The van der Waals surface area contributed by atoms with Crippen molar-refractivity contribution in [1.29, 1.82) is 0 Å². The van der Waals surface area contributed by atoms with Crippen molar-refractivity contribution in [1.82, 2.24) is 0 Å². The minimum absolute atomic E-state index is 0.212. The third-order valence-electron chi connectivity index (χ3n) is 2.94. The molecule has 4 heteroatoms. The van der Waals surface area contributed by atoms with Crippen molar-refractivity contribution in [2.75, 3.05) is 13.2 Å². The summed E-state index contributed by atoms with van der Waals surface area (Å²) < 4.78 is 18.7. The van der Waals surface area contributed by atoms with Gasteiger partial charge in [0.2, 0.25) is 0 Å². The van der Waals surface area contributed by atoms with Gasteiger partial charge in [-0.15, -0.1) is 0 Å². The molecule has 0 aliphatic carbocycles. The molecule has 2 atom stereocenters. The van der Waals surface area contributed by atoms with Crippen LogP contribution in [0.1, 0.15) is 12.0 Å². The summed E-state index contributed by atoms with van der Waals surface area (Å²) in [6.07, 6.45) is 1.05. The third-order valence-corrected chi connectivity index (χ3v) is 3.55. The Morgan fingerprint density at radius 3 is 3.00 bits per heavy atom. The standard InChI is InChI=1S/C12H14BrFO2/c13-10-5-8(1-2-11(10)14)6-12(15)9-3-4-16-7-9/h1-2,5,9,12,15H,3-4,6-7H2. The van der Waals surface area contributed by atoms with Crippen LogP contribution in [0.2, 0.25) is 0 Å². The van der Waals surface area contributed by atoms with E-state index in [2.05, 4.69) is 15.9 Å². The molecule has 1 aromatic rings. The van der Waals surface area contributed by atoms with Gasteiger partial charge >= 0.3 is 0 Å². The molecule has 2 unspecified atom stereocenters. The first kappa shape index (κ1) is 12.0. The number of aliphatic hydroxyl groups excluding tert-OH is 1. The van der Waals surface area contributed by atoms with E-state index in [9.17, 15) is 9.50 Å². The third kappa shape index (κ3) is 2.81. The van der Waals surface area contributed by atoms with Gasteiger partial charge in [-0.2, -0.15) is 0 Å². The Morgan fingerprint density at radius 2 is 2.38 bits per heavy atom. The molecule has 88 valence electrons. The van der Waals surface area contributed by atoms with Gasteiger partial charge in [-0.25, -0.2) is 4.39 Å². The monoisotopic (exact) mass is 288 g/mol. The van der Waals surface area contributed by atoms with Crippen LogP contribution < -0.4 is 0 Å². The second-order valence-corrected chi connectivity index (χ2v) is 5.00. The van der Waals surface area contributed by atoms with E-state index in [1.54, 1.807) is 12.1 Å². The van der Waals surface area contributed by atoms with Gasteiger partial charge in [0.15, 0.2) is 0 Å². The van der Waals surface area contributed by atoms with Crippen molar-refractivity contribution in [3.63, 3.8) is 0 Å². The second-order valence-electron chi connectivity index (χ2n) is 4.14. The predicted octanol–water partition coefficient (Wildman–Crippen LogP) is 2.53. The molecule has 2 nitrogen and oxygen atoms in total. The van der Waals surface area contributed by atoms with Crippen LogP contribution in [0.15, 0.2) is 22.7 Å². The first-order chi connectivity index (χ1) is 7.66. The molecule has 0 radical (unpaired) electrons. The maximum atomic E-state index is 13.0. The van der Waals surface area contributed by atoms with Crippen LogP contribution in [-0.4, -0.2) is 24.4 Å². The fraction of sp³-hybridized carbons (Fsp3) is 0.500. The number of hydrogen-bond donors (Lipinski definition) is 1. The number of rotatable bonds is 3. The predicted molar refractivity (Wildman–Crippen MR) is 62.7 cm³/mol. The molecule has 0 spiro atoms. The average molecular weight is 289 g/mol. The van der Waals surface area contributed by atoms with Crippen molar-refractivity contribution < 1.29 is 14.2 Å². The van der Waals surface area contributed by atoms with E-state index in [-0.39, 0.29) is 11.7 Å². The van der Waals surface area contributed by atoms with E-state index >= 15 is 0 Å². The van der Waals surface area contributed by atoms with Crippen LogP contribution >= 0.6 is 15.9 Å². The highest BCUT2D eigenvalue weighted by Crippen LogP contribution is 2.22.